The third-order valence-corrected chi connectivity index (χ3v) is 5.13. The monoisotopic (exact) mass is 288 g/mol. The van der Waals surface area contributed by atoms with E-state index < -0.39 is 5.97 Å². The number of rotatable bonds is 7. The normalized spacial score (nSPS) is 16.8. The van der Waals surface area contributed by atoms with Gasteiger partial charge in [-0.05, 0) is 32.9 Å². The van der Waals surface area contributed by atoms with Crippen molar-refractivity contribution < 1.29 is 14.7 Å². The molecule has 5 nitrogen and oxygen atoms in total. The Kier molecular flexibility index (Phi) is 5.97. The van der Waals surface area contributed by atoms with Crippen molar-refractivity contribution in [2.45, 2.75) is 50.3 Å². The molecule has 0 bridgehead atoms. The van der Waals surface area contributed by atoms with Gasteiger partial charge in [0.15, 0.2) is 0 Å². The molecule has 1 aliphatic carbocycles. The molecule has 1 saturated carbocycles. The average Bonchev–Trinajstić information content (AvgIpc) is 2.27. The molecule has 1 rings (SSSR count). The van der Waals surface area contributed by atoms with Gasteiger partial charge in [-0.1, -0.05) is 6.42 Å². The summed E-state index contributed by atoms with van der Waals surface area (Å²) in [7, 11) is 0. The lowest BCUT2D eigenvalue weighted by atomic mass is 9.84. The first-order valence-corrected chi connectivity index (χ1v) is 7.94. The van der Waals surface area contributed by atoms with Gasteiger partial charge in [-0.2, -0.15) is 11.8 Å². The Balaban J connectivity index is 2.45. The van der Waals surface area contributed by atoms with Crippen LogP contribution in [-0.4, -0.2) is 52.1 Å². The van der Waals surface area contributed by atoms with Crippen LogP contribution in [0.4, 0.5) is 4.79 Å². The fraction of sp³-hybridized carbons (Fsp3) is 0.846. The number of urea groups is 1. The lowest BCUT2D eigenvalue weighted by Crippen LogP contribution is -2.51. The Labute approximate surface area is 119 Å². The zero-order chi connectivity index (χ0) is 14.5. The molecule has 1 aliphatic rings. The molecule has 0 spiro atoms. The van der Waals surface area contributed by atoms with Crippen molar-refractivity contribution in [3.8, 4) is 0 Å². The fourth-order valence-corrected chi connectivity index (χ4v) is 3.09. The van der Waals surface area contributed by atoms with Crippen LogP contribution in [-0.2, 0) is 4.79 Å². The summed E-state index contributed by atoms with van der Waals surface area (Å²) in [6.07, 6.45) is 5.58. The maximum absolute atomic E-state index is 12.1. The maximum Gasteiger partial charge on any atom is 0.317 e. The van der Waals surface area contributed by atoms with Crippen LogP contribution in [0.5, 0.6) is 0 Å². The van der Waals surface area contributed by atoms with E-state index in [1.54, 1.807) is 4.90 Å². The largest absolute Gasteiger partial charge is 0.481 e. The van der Waals surface area contributed by atoms with Crippen molar-refractivity contribution in [1.29, 1.82) is 0 Å². The summed E-state index contributed by atoms with van der Waals surface area (Å²) in [6.45, 7) is 4.72. The van der Waals surface area contributed by atoms with Crippen LogP contribution in [0.15, 0.2) is 0 Å². The summed E-state index contributed by atoms with van der Waals surface area (Å²) in [5, 5.41) is 11.7. The van der Waals surface area contributed by atoms with E-state index >= 15 is 0 Å². The van der Waals surface area contributed by atoms with E-state index in [-0.39, 0.29) is 29.8 Å². The summed E-state index contributed by atoms with van der Waals surface area (Å²) in [5.41, 5.74) is 0. The van der Waals surface area contributed by atoms with Gasteiger partial charge in [0.05, 0.1) is 6.42 Å². The van der Waals surface area contributed by atoms with E-state index in [1.807, 2.05) is 25.6 Å². The predicted molar refractivity (Wildman–Crippen MR) is 77.6 cm³/mol. The van der Waals surface area contributed by atoms with Crippen molar-refractivity contribution in [2.24, 2.45) is 0 Å². The molecule has 110 valence electrons. The van der Waals surface area contributed by atoms with Crippen molar-refractivity contribution in [3.05, 3.63) is 0 Å². The first-order chi connectivity index (χ1) is 8.90. The molecule has 2 N–H and O–H groups in total. The number of carbonyl (C=O) groups is 2. The van der Waals surface area contributed by atoms with Gasteiger partial charge in [0.2, 0.25) is 0 Å². The van der Waals surface area contributed by atoms with Crippen LogP contribution in [0.25, 0.3) is 0 Å². The quantitative estimate of drug-likeness (QED) is 0.753. The number of hydrogen-bond donors (Lipinski definition) is 2. The van der Waals surface area contributed by atoms with Gasteiger partial charge < -0.3 is 15.3 Å². The molecule has 0 aromatic carbocycles. The lowest BCUT2D eigenvalue weighted by molar-refractivity contribution is -0.137. The van der Waals surface area contributed by atoms with Gasteiger partial charge in [0.1, 0.15) is 0 Å². The zero-order valence-electron chi connectivity index (χ0n) is 11.9. The molecule has 0 unspecified atom stereocenters. The van der Waals surface area contributed by atoms with Gasteiger partial charge in [-0.3, -0.25) is 4.79 Å². The topological polar surface area (TPSA) is 69.6 Å². The lowest BCUT2D eigenvalue weighted by Gasteiger charge is -2.41. The average molecular weight is 288 g/mol. The first-order valence-electron chi connectivity index (χ1n) is 6.71. The summed E-state index contributed by atoms with van der Waals surface area (Å²) in [4.78, 5) is 24.3. The van der Waals surface area contributed by atoms with Crippen LogP contribution < -0.4 is 5.32 Å². The van der Waals surface area contributed by atoms with Gasteiger partial charge in [0, 0.05) is 23.9 Å². The van der Waals surface area contributed by atoms with E-state index in [4.69, 9.17) is 5.11 Å². The minimum absolute atomic E-state index is 0.00553. The van der Waals surface area contributed by atoms with Crippen LogP contribution >= 0.6 is 11.8 Å². The number of aliphatic carboxylic acids is 1. The van der Waals surface area contributed by atoms with Crippen molar-refractivity contribution in [3.63, 3.8) is 0 Å². The van der Waals surface area contributed by atoms with E-state index in [9.17, 15) is 9.59 Å². The van der Waals surface area contributed by atoms with E-state index in [1.165, 1.54) is 6.42 Å². The van der Waals surface area contributed by atoms with Gasteiger partial charge in [-0.15, -0.1) is 0 Å². The van der Waals surface area contributed by atoms with Gasteiger partial charge >= 0.3 is 12.0 Å². The summed E-state index contributed by atoms with van der Waals surface area (Å²) in [6, 6.07) is -0.150. The fourth-order valence-electron chi connectivity index (χ4n) is 2.17. The molecule has 2 amide bonds. The number of nitrogens with zero attached hydrogens (tertiary/aromatic N) is 1. The highest BCUT2D eigenvalue weighted by Crippen LogP contribution is 2.42. The minimum atomic E-state index is -0.877. The zero-order valence-corrected chi connectivity index (χ0v) is 12.8. The summed E-state index contributed by atoms with van der Waals surface area (Å²) in [5.74, 6) is -0.877. The number of carboxylic acids is 1. The second kappa shape index (κ2) is 7.03. The molecule has 0 radical (unpaired) electrons. The Morgan fingerprint density at radius 2 is 2.05 bits per heavy atom. The molecular weight excluding hydrogens is 264 g/mol. The number of amides is 2. The standard InChI is InChI=1S/C13H24N2O3S/c1-10(2)15(8-5-11(16)17)12(18)14-9-13(19-3)6-4-7-13/h10H,4-9H2,1-3H3,(H,14,18)(H,16,17). The van der Waals surface area contributed by atoms with Gasteiger partial charge in [-0.25, -0.2) is 4.79 Å². The predicted octanol–water partition coefficient (Wildman–Crippen LogP) is 2.17. The van der Waals surface area contributed by atoms with E-state index in [0.717, 1.165) is 12.8 Å². The van der Waals surface area contributed by atoms with E-state index in [0.29, 0.717) is 6.54 Å². The Hall–Kier alpha value is -0.910. The molecule has 0 aromatic heterocycles. The second-order valence-electron chi connectivity index (χ2n) is 5.33. The van der Waals surface area contributed by atoms with Crippen molar-refractivity contribution in [1.82, 2.24) is 10.2 Å². The summed E-state index contributed by atoms with van der Waals surface area (Å²) < 4.78 is 0.200. The van der Waals surface area contributed by atoms with E-state index in [2.05, 4.69) is 11.6 Å². The molecule has 0 heterocycles. The molecule has 6 heteroatoms. The minimum Gasteiger partial charge on any atom is -0.481 e. The molecule has 0 aromatic rings. The Morgan fingerprint density at radius 1 is 1.42 bits per heavy atom. The number of hydrogen-bond acceptors (Lipinski definition) is 3. The maximum atomic E-state index is 12.1. The third kappa shape index (κ3) is 4.60. The Morgan fingerprint density at radius 3 is 2.42 bits per heavy atom. The molecule has 0 atom stereocenters. The molecule has 0 aliphatic heterocycles. The number of carboxylic acid groups (broad SMARTS) is 1. The van der Waals surface area contributed by atoms with Gasteiger partial charge in [0.25, 0.3) is 0 Å². The molecule has 1 fully saturated rings. The second-order valence-corrected chi connectivity index (χ2v) is 6.60. The van der Waals surface area contributed by atoms with Crippen LogP contribution in [0.1, 0.15) is 39.5 Å². The highest BCUT2D eigenvalue weighted by Gasteiger charge is 2.36. The smallest absolute Gasteiger partial charge is 0.317 e. The molecular formula is C13H24N2O3S. The van der Waals surface area contributed by atoms with Crippen LogP contribution in [0.3, 0.4) is 0 Å². The first kappa shape index (κ1) is 16.1. The highest BCUT2D eigenvalue weighted by molar-refractivity contribution is 8.00. The number of carbonyl (C=O) groups excluding carboxylic acids is 1. The van der Waals surface area contributed by atoms with Crippen molar-refractivity contribution >= 4 is 23.8 Å². The Bertz CT molecular complexity index is 324. The SMILES string of the molecule is CSC1(CNC(=O)N(CCC(=O)O)C(C)C)CCC1. The molecule has 19 heavy (non-hydrogen) atoms. The number of thioether (sulfide) groups is 1. The molecule has 0 saturated heterocycles. The highest BCUT2D eigenvalue weighted by atomic mass is 32.2. The van der Waals surface area contributed by atoms with Crippen LogP contribution in [0.2, 0.25) is 0 Å². The third-order valence-electron chi connectivity index (χ3n) is 3.71. The summed E-state index contributed by atoms with van der Waals surface area (Å²) >= 11 is 1.81. The number of nitrogens with one attached hydrogen (secondary N) is 1. The van der Waals surface area contributed by atoms with Crippen molar-refractivity contribution in [2.75, 3.05) is 19.3 Å². The van der Waals surface area contributed by atoms with Crippen LogP contribution in [0, 0.1) is 0 Å².